The van der Waals surface area contributed by atoms with E-state index in [1.807, 2.05) is 18.2 Å². The van der Waals surface area contributed by atoms with Gasteiger partial charge in [-0.3, -0.25) is 4.79 Å². The minimum Gasteiger partial charge on any atom is -0.356 e. The van der Waals surface area contributed by atoms with Gasteiger partial charge in [0.1, 0.15) is 10.6 Å². The number of nitrogens with zero attached hydrogens (tertiary/aromatic N) is 1. The maximum Gasteiger partial charge on any atom is 0.270 e. The van der Waals surface area contributed by atoms with Crippen LogP contribution >= 0.6 is 12.4 Å². The molecule has 0 radical (unpaired) electrons. The zero-order valence-electron chi connectivity index (χ0n) is 16.0. The molecular formula is C19H27ClN4O3S. The SMILES string of the molecule is CC(C)NS(=O)(=O)c1c[nH]c(C(=O)N2C[C@@H](CN)[C@H](c3ccccc3)C2)c1.Cl. The largest absolute Gasteiger partial charge is 0.356 e. The third-order valence-electron chi connectivity index (χ3n) is 4.85. The van der Waals surface area contributed by atoms with Crippen LogP contribution in [0.2, 0.25) is 0 Å². The molecular weight excluding hydrogens is 400 g/mol. The number of aromatic nitrogens is 1. The predicted molar refractivity (Wildman–Crippen MR) is 111 cm³/mol. The van der Waals surface area contributed by atoms with Gasteiger partial charge >= 0.3 is 0 Å². The number of hydrogen-bond donors (Lipinski definition) is 3. The van der Waals surface area contributed by atoms with Crippen molar-refractivity contribution in [2.45, 2.75) is 30.7 Å². The van der Waals surface area contributed by atoms with Gasteiger partial charge in [0.25, 0.3) is 5.91 Å². The van der Waals surface area contributed by atoms with Crippen molar-refractivity contribution in [3.63, 3.8) is 0 Å². The van der Waals surface area contributed by atoms with Gasteiger partial charge in [0.15, 0.2) is 0 Å². The Labute approximate surface area is 172 Å². The second-order valence-corrected chi connectivity index (χ2v) is 8.96. The van der Waals surface area contributed by atoms with E-state index in [1.54, 1.807) is 18.7 Å². The number of nitrogens with two attached hydrogens (primary N) is 1. The topological polar surface area (TPSA) is 108 Å². The molecule has 3 rings (SSSR count). The predicted octanol–water partition coefficient (Wildman–Crippen LogP) is 1.94. The number of nitrogens with one attached hydrogen (secondary N) is 2. The molecule has 0 unspecified atom stereocenters. The van der Waals surface area contributed by atoms with E-state index in [0.29, 0.717) is 19.6 Å². The van der Waals surface area contributed by atoms with Crippen molar-refractivity contribution >= 4 is 28.3 Å². The minimum absolute atomic E-state index is 0. The van der Waals surface area contributed by atoms with Crippen molar-refractivity contribution in [2.24, 2.45) is 11.7 Å². The Morgan fingerprint density at radius 1 is 1.29 bits per heavy atom. The maximum absolute atomic E-state index is 12.9. The Morgan fingerprint density at radius 3 is 2.57 bits per heavy atom. The molecule has 2 heterocycles. The Hall–Kier alpha value is -1.87. The second kappa shape index (κ2) is 9.09. The van der Waals surface area contributed by atoms with Crippen LogP contribution in [0.5, 0.6) is 0 Å². The van der Waals surface area contributed by atoms with Gasteiger partial charge in [-0.2, -0.15) is 0 Å². The fourth-order valence-corrected chi connectivity index (χ4v) is 4.80. The number of sulfonamides is 1. The highest BCUT2D eigenvalue weighted by atomic mass is 35.5. The molecule has 1 aliphatic heterocycles. The van der Waals surface area contributed by atoms with Crippen molar-refractivity contribution in [1.29, 1.82) is 0 Å². The summed E-state index contributed by atoms with van der Waals surface area (Å²) in [6.45, 7) is 5.11. The zero-order valence-corrected chi connectivity index (χ0v) is 17.6. The van der Waals surface area contributed by atoms with Crippen molar-refractivity contribution < 1.29 is 13.2 Å². The Bertz CT molecular complexity index is 899. The number of benzene rings is 1. The number of rotatable bonds is 6. The lowest BCUT2D eigenvalue weighted by molar-refractivity contribution is 0.0781. The number of halogens is 1. The molecule has 1 amide bonds. The molecule has 2 atom stereocenters. The second-order valence-electron chi connectivity index (χ2n) is 7.25. The number of carbonyl (C=O) groups excluding carboxylic acids is 1. The first-order valence-electron chi connectivity index (χ1n) is 9.07. The summed E-state index contributed by atoms with van der Waals surface area (Å²) in [7, 11) is -3.64. The van der Waals surface area contributed by atoms with E-state index in [4.69, 9.17) is 5.73 Å². The molecule has 1 aromatic carbocycles. The van der Waals surface area contributed by atoms with E-state index in [9.17, 15) is 13.2 Å². The minimum atomic E-state index is -3.64. The third-order valence-corrected chi connectivity index (χ3v) is 6.48. The molecule has 9 heteroatoms. The first-order valence-corrected chi connectivity index (χ1v) is 10.5. The number of aromatic amines is 1. The van der Waals surface area contributed by atoms with Gasteiger partial charge in [-0.25, -0.2) is 13.1 Å². The first kappa shape index (κ1) is 22.4. The van der Waals surface area contributed by atoms with E-state index in [-0.39, 0.29) is 46.8 Å². The lowest BCUT2D eigenvalue weighted by Crippen LogP contribution is -2.30. The van der Waals surface area contributed by atoms with Crippen LogP contribution in [0, 0.1) is 5.92 Å². The lowest BCUT2D eigenvalue weighted by atomic mass is 9.89. The van der Waals surface area contributed by atoms with E-state index < -0.39 is 10.0 Å². The highest BCUT2D eigenvalue weighted by Gasteiger charge is 2.36. The number of hydrogen-bond acceptors (Lipinski definition) is 4. The highest BCUT2D eigenvalue weighted by Crippen LogP contribution is 2.32. The molecule has 0 bridgehead atoms. The average molecular weight is 427 g/mol. The Balaban J connectivity index is 0.00000280. The van der Waals surface area contributed by atoms with Crippen molar-refractivity contribution in [1.82, 2.24) is 14.6 Å². The molecule has 0 aliphatic carbocycles. The van der Waals surface area contributed by atoms with Gasteiger partial charge in [0.05, 0.1) is 0 Å². The van der Waals surface area contributed by atoms with Crippen molar-refractivity contribution in [2.75, 3.05) is 19.6 Å². The molecule has 0 spiro atoms. The summed E-state index contributed by atoms with van der Waals surface area (Å²) in [5, 5.41) is 0. The van der Waals surface area contributed by atoms with E-state index >= 15 is 0 Å². The molecule has 1 fully saturated rings. The van der Waals surface area contributed by atoms with Gasteiger partial charge in [0, 0.05) is 31.2 Å². The smallest absolute Gasteiger partial charge is 0.270 e. The average Bonchev–Trinajstić information content (AvgIpc) is 3.28. The highest BCUT2D eigenvalue weighted by molar-refractivity contribution is 7.89. The van der Waals surface area contributed by atoms with Crippen molar-refractivity contribution in [3.8, 4) is 0 Å². The van der Waals surface area contributed by atoms with Crippen LogP contribution in [-0.4, -0.2) is 49.9 Å². The van der Waals surface area contributed by atoms with Crippen molar-refractivity contribution in [3.05, 3.63) is 53.9 Å². The van der Waals surface area contributed by atoms with Gasteiger partial charge in [0.2, 0.25) is 10.0 Å². The fraction of sp³-hybridized carbons (Fsp3) is 0.421. The Kier molecular flexibility index (Phi) is 7.28. The van der Waals surface area contributed by atoms with E-state index in [0.717, 1.165) is 0 Å². The summed E-state index contributed by atoms with van der Waals surface area (Å²) >= 11 is 0. The molecule has 4 N–H and O–H groups in total. The van der Waals surface area contributed by atoms with E-state index in [2.05, 4.69) is 21.8 Å². The zero-order chi connectivity index (χ0) is 19.6. The summed E-state index contributed by atoms with van der Waals surface area (Å²) in [4.78, 5) is 17.5. The van der Waals surface area contributed by atoms with Crippen LogP contribution in [0.3, 0.4) is 0 Å². The third kappa shape index (κ3) is 4.75. The summed E-state index contributed by atoms with van der Waals surface area (Å²) in [6, 6.07) is 11.2. The van der Waals surface area contributed by atoms with E-state index in [1.165, 1.54) is 17.8 Å². The number of carbonyl (C=O) groups is 1. The van der Waals surface area contributed by atoms with Crippen LogP contribution in [-0.2, 0) is 10.0 Å². The molecule has 28 heavy (non-hydrogen) atoms. The van der Waals surface area contributed by atoms with Crippen LogP contribution < -0.4 is 10.5 Å². The van der Waals surface area contributed by atoms with Gasteiger partial charge in [-0.15, -0.1) is 12.4 Å². The van der Waals surface area contributed by atoms with Crippen LogP contribution in [0.4, 0.5) is 0 Å². The molecule has 7 nitrogen and oxygen atoms in total. The number of H-pyrrole nitrogens is 1. The fourth-order valence-electron chi connectivity index (χ4n) is 3.56. The lowest BCUT2D eigenvalue weighted by Gasteiger charge is -2.16. The quantitative estimate of drug-likeness (QED) is 0.655. The number of likely N-dealkylation sites (tertiary alicyclic amines) is 1. The molecule has 2 aromatic rings. The van der Waals surface area contributed by atoms with Crippen LogP contribution in [0.15, 0.2) is 47.5 Å². The molecule has 1 aliphatic rings. The summed E-state index contributed by atoms with van der Waals surface area (Å²) in [5.41, 5.74) is 7.37. The Morgan fingerprint density at radius 2 is 1.96 bits per heavy atom. The summed E-state index contributed by atoms with van der Waals surface area (Å²) < 4.78 is 27.0. The van der Waals surface area contributed by atoms with Gasteiger partial charge < -0.3 is 15.6 Å². The van der Waals surface area contributed by atoms with Gasteiger partial charge in [-0.1, -0.05) is 30.3 Å². The molecule has 154 valence electrons. The summed E-state index contributed by atoms with van der Waals surface area (Å²) in [6.07, 6.45) is 1.35. The van der Waals surface area contributed by atoms with Crippen LogP contribution in [0.25, 0.3) is 0 Å². The van der Waals surface area contributed by atoms with Crippen LogP contribution in [0.1, 0.15) is 35.8 Å². The van der Waals surface area contributed by atoms with Gasteiger partial charge in [-0.05, 0) is 37.9 Å². The maximum atomic E-state index is 12.9. The molecule has 1 aromatic heterocycles. The summed E-state index contributed by atoms with van der Waals surface area (Å²) in [5.74, 6) is 0.149. The standard InChI is InChI=1S/C19H26N4O3S.ClH/c1-13(2)22-27(25,26)16-8-18(21-10-16)19(24)23-11-15(9-20)17(12-23)14-6-4-3-5-7-14;/h3-8,10,13,15,17,21-22H,9,11-12,20H2,1-2H3;1H/t15-,17+;/m1./s1. The number of amides is 1. The molecule has 1 saturated heterocycles. The first-order chi connectivity index (χ1) is 12.8. The normalized spacial score (nSPS) is 19.6. The monoisotopic (exact) mass is 426 g/mol. The molecule has 0 saturated carbocycles.